The molecule has 6 nitrogen and oxygen atoms in total. The molecule has 0 radical (unpaired) electrons. The van der Waals surface area contributed by atoms with Gasteiger partial charge in [-0.15, -0.1) is 0 Å². The summed E-state index contributed by atoms with van der Waals surface area (Å²) in [5.41, 5.74) is -2.97. The van der Waals surface area contributed by atoms with E-state index < -0.39 is 62.6 Å². The molecule has 0 aliphatic rings. The van der Waals surface area contributed by atoms with E-state index in [1.54, 1.807) is 0 Å². The molecule has 1 aromatic heterocycles. The van der Waals surface area contributed by atoms with Crippen LogP contribution in [0.5, 0.6) is 0 Å². The molecule has 18 heteroatoms. The standard InChI is InChI=1S/C11H4Cl2F8N4O2S2/c12-5-1-4(29(17,18,19,20)21)2-6(13)8(5)25-10(23)9(7(3-22)24-25)28(26,27)11(14,15)16/h1-2H,23H2. The fourth-order valence-electron chi connectivity index (χ4n) is 2.01. The van der Waals surface area contributed by atoms with E-state index in [4.69, 9.17) is 34.2 Å². The highest BCUT2D eigenvalue weighted by molar-refractivity contribution is 8.45. The summed E-state index contributed by atoms with van der Waals surface area (Å²) in [5.74, 6) is -1.39. The van der Waals surface area contributed by atoms with Crippen LogP contribution >= 0.6 is 33.4 Å². The Kier molecular flexibility index (Phi) is 4.67. The molecule has 0 unspecified atom stereocenters. The van der Waals surface area contributed by atoms with Crippen LogP contribution in [-0.2, 0) is 9.84 Å². The Morgan fingerprint density at radius 1 is 1.10 bits per heavy atom. The molecule has 0 aliphatic heterocycles. The van der Waals surface area contributed by atoms with E-state index in [2.05, 4.69) is 5.10 Å². The second-order valence-electron chi connectivity index (χ2n) is 5.24. The van der Waals surface area contributed by atoms with Gasteiger partial charge >= 0.3 is 15.7 Å². The summed E-state index contributed by atoms with van der Waals surface area (Å²) in [5, 5.41) is 9.59. The molecule has 2 N–H and O–H groups in total. The molecule has 0 bridgehead atoms. The smallest absolute Gasteiger partial charge is 0.382 e. The Hall–Kier alpha value is -1.96. The summed E-state index contributed by atoms with van der Waals surface area (Å²) < 4.78 is 126. The van der Waals surface area contributed by atoms with Crippen molar-refractivity contribution in [2.45, 2.75) is 15.3 Å². The van der Waals surface area contributed by atoms with Gasteiger partial charge in [-0.2, -0.15) is 23.5 Å². The van der Waals surface area contributed by atoms with E-state index in [0.717, 1.165) is 6.07 Å². The summed E-state index contributed by atoms with van der Waals surface area (Å²) in [4.78, 5) is -4.34. The molecule has 0 fully saturated rings. The first kappa shape index (κ1) is 23.3. The molecule has 0 atom stereocenters. The third-order valence-corrected chi connectivity index (χ3v) is 6.46. The summed E-state index contributed by atoms with van der Waals surface area (Å²) in [6, 6.07) is 0.428. The summed E-state index contributed by atoms with van der Waals surface area (Å²) in [6.07, 6.45) is 0. The third-order valence-electron chi connectivity index (χ3n) is 3.20. The van der Waals surface area contributed by atoms with Crippen molar-refractivity contribution in [1.29, 1.82) is 5.26 Å². The zero-order valence-electron chi connectivity index (χ0n) is 13.0. The number of hydrogen-bond acceptors (Lipinski definition) is 5. The number of aromatic nitrogens is 2. The fraction of sp³-hybridized carbons (Fsp3) is 0.0909. The minimum atomic E-state index is -10.2. The molecular weight excluding hydrogens is 507 g/mol. The SMILES string of the molecule is N#Cc1nn(-c2c(Cl)cc(S(F)(F)(F)(F)F)cc2Cl)c(N)c1S(=O)(=O)C(F)(F)F. The van der Waals surface area contributed by atoms with Gasteiger partial charge in [0.25, 0.3) is 9.84 Å². The van der Waals surface area contributed by atoms with Crippen molar-refractivity contribution in [3.8, 4) is 11.8 Å². The second-order valence-corrected chi connectivity index (χ2v) is 10.3. The van der Waals surface area contributed by atoms with Gasteiger partial charge in [0.2, 0.25) is 0 Å². The summed E-state index contributed by atoms with van der Waals surface area (Å²) in [6.45, 7) is 0. The first-order valence-electron chi connectivity index (χ1n) is 6.45. The fourth-order valence-corrected chi connectivity index (χ4v) is 4.40. The maximum absolute atomic E-state index is 12.9. The van der Waals surface area contributed by atoms with Crippen LogP contribution in [0.1, 0.15) is 5.69 Å². The Morgan fingerprint density at radius 3 is 1.90 bits per heavy atom. The molecule has 0 saturated carbocycles. The Bertz CT molecular complexity index is 1160. The molecule has 2 rings (SSSR count). The van der Waals surface area contributed by atoms with Crippen molar-refractivity contribution in [2.75, 3.05) is 5.73 Å². The normalized spacial score (nSPS) is 15.5. The van der Waals surface area contributed by atoms with Crippen molar-refractivity contribution >= 4 is 49.1 Å². The lowest BCUT2D eigenvalue weighted by molar-refractivity contribution is -0.0435. The number of nitrogen functional groups attached to an aromatic ring is 1. The van der Waals surface area contributed by atoms with Crippen LogP contribution < -0.4 is 5.73 Å². The minimum Gasteiger partial charge on any atom is -0.382 e. The number of rotatable bonds is 3. The van der Waals surface area contributed by atoms with Crippen LogP contribution in [0.15, 0.2) is 21.9 Å². The number of halogens is 10. The lowest BCUT2D eigenvalue weighted by Gasteiger charge is -2.40. The van der Waals surface area contributed by atoms with Gasteiger partial charge in [-0.3, -0.25) is 0 Å². The van der Waals surface area contributed by atoms with Crippen LogP contribution in [0.4, 0.5) is 38.4 Å². The Balaban J connectivity index is 2.88. The molecule has 1 heterocycles. The number of nitriles is 1. The van der Waals surface area contributed by atoms with Crippen molar-refractivity contribution in [1.82, 2.24) is 9.78 Å². The highest BCUT2D eigenvalue weighted by atomic mass is 35.5. The van der Waals surface area contributed by atoms with Crippen LogP contribution in [0.2, 0.25) is 10.0 Å². The van der Waals surface area contributed by atoms with Gasteiger partial charge in [-0.05, 0) is 12.1 Å². The Labute approximate surface area is 166 Å². The van der Waals surface area contributed by atoms with Crippen LogP contribution in [0.3, 0.4) is 0 Å². The first-order valence-corrected chi connectivity index (χ1v) is 10.6. The second kappa shape index (κ2) is 5.80. The maximum Gasteiger partial charge on any atom is 0.502 e. The number of alkyl halides is 3. The van der Waals surface area contributed by atoms with Crippen LogP contribution in [-0.4, -0.2) is 23.7 Å². The zero-order chi connectivity index (χ0) is 22.9. The Morgan fingerprint density at radius 2 is 1.55 bits per heavy atom. The van der Waals surface area contributed by atoms with Gasteiger partial charge in [0, 0.05) is 0 Å². The van der Waals surface area contributed by atoms with Crippen LogP contribution in [0, 0.1) is 11.3 Å². The van der Waals surface area contributed by atoms with E-state index >= 15 is 0 Å². The molecule has 0 saturated heterocycles. The van der Waals surface area contributed by atoms with Gasteiger partial charge in [-0.25, -0.2) is 13.1 Å². The number of anilines is 1. The number of hydrogen-bond donors (Lipinski definition) is 1. The van der Waals surface area contributed by atoms with Crippen LogP contribution in [0.25, 0.3) is 5.69 Å². The van der Waals surface area contributed by atoms with E-state index in [1.807, 2.05) is 0 Å². The number of nitrogens with zero attached hydrogens (tertiary/aromatic N) is 3. The van der Waals surface area contributed by atoms with E-state index in [-0.39, 0.29) is 16.8 Å². The number of sulfone groups is 1. The molecule has 0 aliphatic carbocycles. The molecule has 162 valence electrons. The molecule has 0 amide bonds. The van der Waals surface area contributed by atoms with E-state index in [1.165, 1.54) is 0 Å². The van der Waals surface area contributed by atoms with E-state index in [0.29, 0.717) is 0 Å². The molecule has 29 heavy (non-hydrogen) atoms. The predicted octanol–water partition coefficient (Wildman–Crippen LogP) is 5.58. The highest BCUT2D eigenvalue weighted by Gasteiger charge is 2.65. The van der Waals surface area contributed by atoms with Gasteiger partial charge < -0.3 is 5.73 Å². The minimum absolute atomic E-state index is 0.0248. The third kappa shape index (κ3) is 4.04. The predicted molar refractivity (Wildman–Crippen MR) is 87.3 cm³/mol. The number of nitrogens with two attached hydrogens (primary N) is 1. The van der Waals surface area contributed by atoms with Crippen molar-refractivity contribution in [3.05, 3.63) is 27.9 Å². The maximum atomic E-state index is 12.9. The summed E-state index contributed by atoms with van der Waals surface area (Å²) in [7, 11) is -16.5. The monoisotopic (exact) mass is 510 g/mol. The van der Waals surface area contributed by atoms with Crippen molar-refractivity contribution in [3.63, 3.8) is 0 Å². The quantitative estimate of drug-likeness (QED) is 0.542. The highest BCUT2D eigenvalue weighted by Crippen LogP contribution is 3.02. The zero-order valence-corrected chi connectivity index (χ0v) is 16.1. The first-order chi connectivity index (χ1) is 12.6. The molecule has 0 spiro atoms. The van der Waals surface area contributed by atoms with Crippen molar-refractivity contribution < 1.29 is 41.0 Å². The lowest BCUT2D eigenvalue weighted by atomic mass is 10.3. The molecule has 1 aromatic carbocycles. The molecular formula is C11H4Cl2F8N4O2S2. The largest absolute Gasteiger partial charge is 0.502 e. The van der Waals surface area contributed by atoms with Gasteiger partial charge in [0.15, 0.2) is 10.6 Å². The van der Waals surface area contributed by atoms with Gasteiger partial charge in [-0.1, -0.05) is 42.6 Å². The summed E-state index contributed by atoms with van der Waals surface area (Å²) >= 11 is 11.0. The number of benzene rings is 1. The molecule has 2 aromatic rings. The van der Waals surface area contributed by atoms with E-state index in [9.17, 15) is 41.0 Å². The topological polar surface area (TPSA) is 102 Å². The average Bonchev–Trinajstić information content (AvgIpc) is 2.80. The lowest BCUT2D eigenvalue weighted by Crippen LogP contribution is -2.24. The average molecular weight is 511 g/mol. The van der Waals surface area contributed by atoms with Crippen molar-refractivity contribution in [2.24, 2.45) is 0 Å². The van der Waals surface area contributed by atoms with Gasteiger partial charge in [0.05, 0.1) is 10.0 Å². The van der Waals surface area contributed by atoms with Gasteiger partial charge in [0.1, 0.15) is 22.5 Å².